The highest BCUT2D eigenvalue weighted by Crippen LogP contribution is 2.27. The molecular weight excluding hydrogens is 231 g/mol. The maximum Gasteiger partial charge on any atom is 0.433 e. The Morgan fingerprint density at radius 2 is 2.06 bits per heavy atom. The minimum absolute atomic E-state index is 0.0677. The number of alkyl halides is 3. The summed E-state index contributed by atoms with van der Waals surface area (Å²) in [5, 5.41) is 2.68. The average molecular weight is 243 g/mol. The van der Waals surface area contributed by atoms with Crippen molar-refractivity contribution in [2.45, 2.75) is 26.1 Å². The van der Waals surface area contributed by atoms with Crippen LogP contribution in [0.25, 0.3) is 0 Å². The molecule has 0 radical (unpaired) electrons. The van der Waals surface area contributed by atoms with E-state index in [0.29, 0.717) is 0 Å². The molecule has 0 aliphatic heterocycles. The summed E-state index contributed by atoms with van der Waals surface area (Å²) < 4.78 is 37.2. The van der Waals surface area contributed by atoms with Crippen LogP contribution in [0.4, 0.5) is 19.1 Å². The Bertz CT molecular complexity index is 421. The van der Waals surface area contributed by atoms with Crippen LogP contribution in [0, 0.1) is 18.3 Å². The van der Waals surface area contributed by atoms with Gasteiger partial charge in [-0.25, -0.2) is 9.97 Å². The van der Waals surface area contributed by atoms with Crippen LogP contribution in [0.3, 0.4) is 0 Å². The van der Waals surface area contributed by atoms with Gasteiger partial charge in [-0.2, -0.15) is 13.2 Å². The van der Waals surface area contributed by atoms with Gasteiger partial charge in [-0.1, -0.05) is 19.8 Å². The van der Waals surface area contributed by atoms with E-state index >= 15 is 0 Å². The fourth-order valence-electron chi connectivity index (χ4n) is 1.13. The molecule has 6 heteroatoms. The molecule has 1 unspecified atom stereocenters. The second-order valence-electron chi connectivity index (χ2n) is 3.80. The zero-order chi connectivity index (χ0) is 13.1. The highest BCUT2D eigenvalue weighted by Gasteiger charge is 2.32. The molecule has 0 bridgehead atoms. The molecule has 1 rings (SSSR count). The van der Waals surface area contributed by atoms with E-state index in [9.17, 15) is 13.2 Å². The van der Waals surface area contributed by atoms with Gasteiger partial charge in [0.05, 0.1) is 6.04 Å². The Morgan fingerprint density at radius 3 is 2.53 bits per heavy atom. The number of anilines is 1. The van der Waals surface area contributed by atoms with Gasteiger partial charge < -0.3 is 5.32 Å². The van der Waals surface area contributed by atoms with Crippen LogP contribution < -0.4 is 5.32 Å². The van der Waals surface area contributed by atoms with Crippen LogP contribution in [0.2, 0.25) is 0 Å². The standard InChI is InChI=1S/C11H12F3N3/c1-4-8(7(2)3)16-10-15-6-5-9(17-10)11(12,13)14/h1,5-8H,2-3H3,(H,15,16,17). The van der Waals surface area contributed by atoms with Crippen molar-refractivity contribution in [3.8, 4) is 12.3 Å². The number of rotatable bonds is 3. The molecular formula is C11H12F3N3. The molecule has 0 aliphatic carbocycles. The number of hydrogen-bond donors (Lipinski definition) is 1. The first kappa shape index (κ1) is 13.3. The maximum atomic E-state index is 12.4. The zero-order valence-corrected chi connectivity index (χ0v) is 9.42. The van der Waals surface area contributed by atoms with Crippen molar-refractivity contribution in [3.05, 3.63) is 18.0 Å². The Kier molecular flexibility index (Phi) is 3.94. The monoisotopic (exact) mass is 243 g/mol. The number of terminal acetylenes is 1. The third kappa shape index (κ3) is 3.63. The van der Waals surface area contributed by atoms with Gasteiger partial charge in [-0.15, -0.1) is 6.42 Å². The lowest BCUT2D eigenvalue weighted by molar-refractivity contribution is -0.141. The second-order valence-corrected chi connectivity index (χ2v) is 3.80. The molecule has 0 spiro atoms. The Labute approximate surface area is 97.5 Å². The van der Waals surface area contributed by atoms with Crippen molar-refractivity contribution in [1.82, 2.24) is 9.97 Å². The normalized spacial score (nSPS) is 13.2. The third-order valence-electron chi connectivity index (χ3n) is 2.08. The number of aromatic nitrogens is 2. The lowest BCUT2D eigenvalue weighted by atomic mass is 10.1. The van der Waals surface area contributed by atoms with Crippen molar-refractivity contribution in [1.29, 1.82) is 0 Å². The average Bonchev–Trinajstić information content (AvgIpc) is 2.24. The largest absolute Gasteiger partial charge is 0.433 e. The summed E-state index contributed by atoms with van der Waals surface area (Å²) in [6.07, 6.45) is 1.82. The van der Waals surface area contributed by atoms with Crippen LogP contribution in [-0.2, 0) is 6.18 Å². The molecule has 0 saturated heterocycles. The van der Waals surface area contributed by atoms with Gasteiger partial charge >= 0.3 is 6.18 Å². The van der Waals surface area contributed by atoms with Crippen molar-refractivity contribution in [2.75, 3.05) is 5.32 Å². The Hall–Kier alpha value is -1.77. The molecule has 1 N–H and O–H groups in total. The van der Waals surface area contributed by atoms with Crippen molar-refractivity contribution in [2.24, 2.45) is 5.92 Å². The van der Waals surface area contributed by atoms with Gasteiger partial charge in [0, 0.05) is 6.20 Å². The highest BCUT2D eigenvalue weighted by molar-refractivity contribution is 5.31. The maximum absolute atomic E-state index is 12.4. The summed E-state index contributed by atoms with van der Waals surface area (Å²) in [6.45, 7) is 3.70. The molecule has 92 valence electrons. The van der Waals surface area contributed by atoms with E-state index in [1.54, 1.807) is 0 Å². The second kappa shape index (κ2) is 5.04. The van der Waals surface area contributed by atoms with Gasteiger partial charge in [0.2, 0.25) is 5.95 Å². The van der Waals surface area contributed by atoms with Crippen LogP contribution in [0.15, 0.2) is 12.3 Å². The fourth-order valence-corrected chi connectivity index (χ4v) is 1.13. The number of nitrogens with one attached hydrogen (secondary N) is 1. The SMILES string of the molecule is C#CC(Nc1nccc(C(F)(F)F)n1)C(C)C. The summed E-state index contributed by atoms with van der Waals surface area (Å²) in [5.74, 6) is 2.39. The predicted molar refractivity (Wildman–Crippen MR) is 58.1 cm³/mol. The van der Waals surface area contributed by atoms with Crippen LogP contribution in [0.5, 0.6) is 0 Å². The molecule has 0 saturated carbocycles. The number of hydrogen-bond acceptors (Lipinski definition) is 3. The first-order valence-corrected chi connectivity index (χ1v) is 4.97. The zero-order valence-electron chi connectivity index (χ0n) is 9.42. The fraction of sp³-hybridized carbons (Fsp3) is 0.455. The highest BCUT2D eigenvalue weighted by atomic mass is 19.4. The molecule has 0 aromatic carbocycles. The molecule has 1 heterocycles. The summed E-state index contributed by atoms with van der Waals surface area (Å²) >= 11 is 0. The van der Waals surface area contributed by atoms with Gasteiger partial charge in [-0.3, -0.25) is 0 Å². The van der Waals surface area contributed by atoms with Gasteiger partial charge in [0.15, 0.2) is 0 Å². The summed E-state index contributed by atoms with van der Waals surface area (Å²) in [5.41, 5.74) is -0.991. The van der Waals surface area contributed by atoms with Crippen LogP contribution >= 0.6 is 0 Å². The van der Waals surface area contributed by atoms with Crippen molar-refractivity contribution < 1.29 is 13.2 Å². The van der Waals surface area contributed by atoms with Crippen LogP contribution in [-0.4, -0.2) is 16.0 Å². The molecule has 1 atom stereocenters. The van der Waals surface area contributed by atoms with E-state index in [-0.39, 0.29) is 11.9 Å². The molecule has 0 fully saturated rings. The van der Waals surface area contributed by atoms with Crippen molar-refractivity contribution >= 4 is 5.95 Å². The molecule has 0 aliphatic rings. The smallest absolute Gasteiger partial charge is 0.340 e. The first-order valence-electron chi connectivity index (χ1n) is 4.97. The van der Waals surface area contributed by atoms with Crippen molar-refractivity contribution in [3.63, 3.8) is 0 Å². The van der Waals surface area contributed by atoms with Gasteiger partial charge in [0.25, 0.3) is 0 Å². The van der Waals surface area contributed by atoms with E-state index in [1.165, 1.54) is 0 Å². The molecule has 3 nitrogen and oxygen atoms in total. The van der Waals surface area contributed by atoms with E-state index in [0.717, 1.165) is 12.3 Å². The van der Waals surface area contributed by atoms with E-state index < -0.39 is 17.9 Å². The van der Waals surface area contributed by atoms with Gasteiger partial charge in [0.1, 0.15) is 5.69 Å². The lowest BCUT2D eigenvalue weighted by Crippen LogP contribution is -2.25. The van der Waals surface area contributed by atoms with E-state index in [2.05, 4.69) is 21.2 Å². The number of nitrogens with zero attached hydrogens (tertiary/aromatic N) is 2. The lowest BCUT2D eigenvalue weighted by Gasteiger charge is -2.16. The molecule has 1 aromatic heterocycles. The summed E-state index contributed by atoms with van der Waals surface area (Å²) in [7, 11) is 0. The minimum atomic E-state index is -4.48. The van der Waals surface area contributed by atoms with E-state index in [4.69, 9.17) is 6.42 Å². The van der Waals surface area contributed by atoms with Crippen LogP contribution in [0.1, 0.15) is 19.5 Å². The van der Waals surface area contributed by atoms with E-state index in [1.807, 2.05) is 13.8 Å². The summed E-state index contributed by atoms with van der Waals surface area (Å²) in [6, 6.07) is 0.407. The topological polar surface area (TPSA) is 37.8 Å². The minimum Gasteiger partial charge on any atom is -0.340 e. The molecule has 1 aromatic rings. The number of halogens is 3. The Morgan fingerprint density at radius 1 is 1.41 bits per heavy atom. The molecule has 0 amide bonds. The van der Waals surface area contributed by atoms with Gasteiger partial charge in [-0.05, 0) is 12.0 Å². The summed E-state index contributed by atoms with van der Waals surface area (Å²) in [4.78, 5) is 7.08. The Balaban J connectivity index is 2.90. The molecule has 17 heavy (non-hydrogen) atoms. The first-order chi connectivity index (χ1) is 7.84. The predicted octanol–water partition coefficient (Wildman–Crippen LogP) is 2.57. The third-order valence-corrected chi connectivity index (χ3v) is 2.08. The quantitative estimate of drug-likeness (QED) is 0.829.